The number of pyridine rings is 1. The maximum Gasteiger partial charge on any atom is 0.310 e. The summed E-state index contributed by atoms with van der Waals surface area (Å²) in [5.74, 6) is -1.56. The number of amides is 1. The second-order valence-corrected chi connectivity index (χ2v) is 9.85. The first kappa shape index (κ1) is 28.3. The molecular weight excluding hydrogens is 532 g/mol. The van der Waals surface area contributed by atoms with Crippen molar-refractivity contribution < 1.29 is 29.0 Å². The van der Waals surface area contributed by atoms with Gasteiger partial charge in [-0.2, -0.15) is 0 Å². The monoisotopic (exact) mass is 562 g/mol. The van der Waals surface area contributed by atoms with Crippen LogP contribution in [-0.4, -0.2) is 34.4 Å². The Hall–Kier alpha value is -5.24. The molecule has 0 spiro atoms. The normalized spacial score (nSPS) is 16.0. The Bertz CT molecular complexity index is 1630. The van der Waals surface area contributed by atoms with E-state index in [-0.39, 0.29) is 30.3 Å². The fourth-order valence-corrected chi connectivity index (χ4v) is 4.96. The molecule has 0 aliphatic carbocycles. The predicted octanol–water partition coefficient (Wildman–Crippen LogP) is 5.70. The van der Waals surface area contributed by atoms with Crippen molar-refractivity contribution in [2.24, 2.45) is 0 Å². The van der Waals surface area contributed by atoms with E-state index in [2.05, 4.69) is 4.98 Å². The van der Waals surface area contributed by atoms with E-state index in [1.54, 1.807) is 73.9 Å². The van der Waals surface area contributed by atoms with Gasteiger partial charge in [0.1, 0.15) is 18.1 Å². The van der Waals surface area contributed by atoms with Crippen LogP contribution in [0.2, 0.25) is 0 Å². The molecule has 1 aliphatic heterocycles. The molecule has 1 atom stereocenters. The van der Waals surface area contributed by atoms with Gasteiger partial charge in [0.15, 0.2) is 0 Å². The number of ketones is 1. The van der Waals surface area contributed by atoms with Crippen molar-refractivity contribution in [3.05, 3.63) is 131 Å². The Morgan fingerprint density at radius 2 is 1.64 bits per heavy atom. The van der Waals surface area contributed by atoms with Gasteiger partial charge in [-0.3, -0.25) is 24.3 Å². The van der Waals surface area contributed by atoms with Crippen LogP contribution in [0.5, 0.6) is 5.75 Å². The van der Waals surface area contributed by atoms with Gasteiger partial charge in [0, 0.05) is 23.6 Å². The maximum atomic E-state index is 13.5. The Kier molecular flexibility index (Phi) is 8.43. The molecule has 1 fully saturated rings. The summed E-state index contributed by atoms with van der Waals surface area (Å²) in [7, 11) is 0. The predicted molar refractivity (Wildman–Crippen MR) is 158 cm³/mol. The number of Topliss-reactive ketones (excluding diaryl/α,β-unsaturated/α-hetero) is 1. The molecule has 0 saturated carbocycles. The third-order valence-corrected chi connectivity index (χ3v) is 7.02. The number of hydrogen-bond acceptors (Lipinski definition) is 7. The molecular formula is C34H30N2O6. The second-order valence-electron chi connectivity index (χ2n) is 9.85. The van der Waals surface area contributed by atoms with E-state index >= 15 is 0 Å². The average molecular weight is 563 g/mol. The summed E-state index contributed by atoms with van der Waals surface area (Å²) in [4.78, 5) is 44.3. The molecule has 1 saturated heterocycles. The lowest BCUT2D eigenvalue weighted by Crippen LogP contribution is -2.29. The lowest BCUT2D eigenvalue weighted by atomic mass is 9.95. The third kappa shape index (κ3) is 5.93. The molecule has 1 aromatic heterocycles. The number of hydrogen-bond donors (Lipinski definition) is 1. The van der Waals surface area contributed by atoms with Gasteiger partial charge in [-0.15, -0.1) is 0 Å². The first-order valence-electron chi connectivity index (χ1n) is 13.6. The van der Waals surface area contributed by atoms with E-state index < -0.39 is 17.7 Å². The molecule has 4 aromatic rings. The number of aryl methyl sites for hydroxylation is 1. The minimum absolute atomic E-state index is 0.0286. The second kappa shape index (κ2) is 12.5. The van der Waals surface area contributed by atoms with E-state index in [4.69, 9.17) is 9.47 Å². The molecule has 0 bridgehead atoms. The summed E-state index contributed by atoms with van der Waals surface area (Å²) in [5, 5.41) is 11.5. The molecule has 8 heteroatoms. The number of aromatic nitrogens is 1. The zero-order valence-corrected chi connectivity index (χ0v) is 23.3. The van der Waals surface area contributed by atoms with Crippen LogP contribution in [0.25, 0.3) is 5.76 Å². The highest BCUT2D eigenvalue weighted by Crippen LogP contribution is 2.42. The van der Waals surface area contributed by atoms with Gasteiger partial charge < -0.3 is 14.6 Å². The topological polar surface area (TPSA) is 106 Å². The van der Waals surface area contributed by atoms with Gasteiger partial charge in [0.05, 0.1) is 24.6 Å². The van der Waals surface area contributed by atoms with E-state index in [1.165, 1.54) is 4.90 Å². The van der Waals surface area contributed by atoms with Gasteiger partial charge in [0.2, 0.25) is 0 Å². The largest absolute Gasteiger partial charge is 0.507 e. The Balaban J connectivity index is 1.49. The number of benzene rings is 3. The number of aliphatic hydroxyl groups excluding tert-OH is 1. The highest BCUT2D eigenvalue weighted by Gasteiger charge is 2.47. The number of ether oxygens (including phenoxy) is 2. The van der Waals surface area contributed by atoms with E-state index in [9.17, 15) is 19.5 Å². The van der Waals surface area contributed by atoms with Gasteiger partial charge in [-0.05, 0) is 78.6 Å². The van der Waals surface area contributed by atoms with Crippen LogP contribution in [0.3, 0.4) is 0 Å². The van der Waals surface area contributed by atoms with Crippen LogP contribution in [0.1, 0.15) is 40.8 Å². The molecule has 5 rings (SSSR count). The van der Waals surface area contributed by atoms with Crippen LogP contribution < -0.4 is 9.64 Å². The van der Waals surface area contributed by atoms with Gasteiger partial charge >= 0.3 is 5.97 Å². The van der Waals surface area contributed by atoms with Gasteiger partial charge in [-0.25, -0.2) is 0 Å². The number of rotatable bonds is 9. The lowest BCUT2D eigenvalue weighted by Gasteiger charge is -2.25. The highest BCUT2D eigenvalue weighted by molar-refractivity contribution is 6.51. The molecule has 42 heavy (non-hydrogen) atoms. The number of carbonyl (C=O) groups excluding carboxylic acids is 3. The van der Waals surface area contributed by atoms with Crippen molar-refractivity contribution in [1.82, 2.24) is 4.98 Å². The van der Waals surface area contributed by atoms with E-state index in [0.29, 0.717) is 34.7 Å². The molecule has 1 unspecified atom stereocenters. The third-order valence-electron chi connectivity index (χ3n) is 7.02. The zero-order chi connectivity index (χ0) is 29.6. The smallest absolute Gasteiger partial charge is 0.310 e. The zero-order valence-electron chi connectivity index (χ0n) is 23.3. The quantitative estimate of drug-likeness (QED) is 0.121. The SMILES string of the molecule is CCOC(=O)Cc1ccc(N2C(=O)C(=O)/C(=C(\O)c3ccc(OCc4ccccc4)c(C)c3)C2c2ccncc2)cc1. The summed E-state index contributed by atoms with van der Waals surface area (Å²) >= 11 is 0. The Morgan fingerprint density at radius 1 is 0.929 bits per heavy atom. The van der Waals surface area contributed by atoms with Crippen LogP contribution in [0, 0.1) is 6.92 Å². The molecule has 8 nitrogen and oxygen atoms in total. The molecule has 0 radical (unpaired) electrons. The van der Waals surface area contributed by atoms with Crippen molar-refractivity contribution in [2.75, 3.05) is 11.5 Å². The summed E-state index contributed by atoms with van der Waals surface area (Å²) in [6.45, 7) is 4.27. The first-order chi connectivity index (χ1) is 20.4. The van der Waals surface area contributed by atoms with Crippen molar-refractivity contribution in [3.63, 3.8) is 0 Å². The minimum Gasteiger partial charge on any atom is -0.507 e. The standard InChI is InChI=1S/C34H30N2O6/c1-3-41-29(37)20-23-9-12-27(13-10-23)36-31(25-15-17-35-18-16-25)30(33(39)34(36)40)32(38)26-11-14-28(22(2)19-26)42-21-24-7-5-4-6-8-24/h4-19,31,38H,3,20-21H2,1-2H3/b32-30-. The number of aliphatic hydroxyl groups is 1. The van der Waals surface area contributed by atoms with E-state index in [1.807, 2.05) is 37.3 Å². The molecule has 212 valence electrons. The van der Waals surface area contributed by atoms with Gasteiger partial charge in [0.25, 0.3) is 11.7 Å². The molecule has 1 N–H and O–H groups in total. The summed E-state index contributed by atoms with van der Waals surface area (Å²) in [6.07, 6.45) is 3.23. The molecule has 3 aromatic carbocycles. The summed E-state index contributed by atoms with van der Waals surface area (Å²) in [6, 6.07) is 24.2. The first-order valence-corrected chi connectivity index (χ1v) is 13.6. The van der Waals surface area contributed by atoms with Gasteiger partial charge in [-0.1, -0.05) is 42.5 Å². The Labute approximate surface area is 243 Å². The van der Waals surface area contributed by atoms with Crippen LogP contribution in [0.15, 0.2) is 103 Å². The summed E-state index contributed by atoms with van der Waals surface area (Å²) < 4.78 is 11.0. The average Bonchev–Trinajstić information content (AvgIpc) is 3.27. The molecule has 2 heterocycles. The van der Waals surface area contributed by atoms with Crippen LogP contribution in [-0.2, 0) is 32.1 Å². The van der Waals surface area contributed by atoms with E-state index in [0.717, 1.165) is 11.1 Å². The van der Waals surface area contributed by atoms with Crippen molar-refractivity contribution in [1.29, 1.82) is 0 Å². The number of carbonyl (C=O) groups is 3. The van der Waals surface area contributed by atoms with Crippen molar-refractivity contribution in [3.8, 4) is 5.75 Å². The van der Waals surface area contributed by atoms with Crippen LogP contribution in [0.4, 0.5) is 5.69 Å². The molecule has 1 aliphatic rings. The number of anilines is 1. The summed E-state index contributed by atoms with van der Waals surface area (Å²) in [5.41, 5.74) is 3.92. The Morgan fingerprint density at radius 3 is 2.31 bits per heavy atom. The fraction of sp³-hybridized carbons (Fsp3) is 0.176. The minimum atomic E-state index is -0.891. The van der Waals surface area contributed by atoms with Crippen LogP contribution >= 0.6 is 0 Å². The maximum absolute atomic E-state index is 13.5. The highest BCUT2D eigenvalue weighted by atomic mass is 16.5. The fourth-order valence-electron chi connectivity index (χ4n) is 4.96. The van der Waals surface area contributed by atoms with Crippen molar-refractivity contribution >= 4 is 29.1 Å². The number of esters is 1. The lowest BCUT2D eigenvalue weighted by molar-refractivity contribution is -0.142. The molecule has 1 amide bonds. The number of nitrogens with zero attached hydrogens (tertiary/aromatic N) is 2. The van der Waals surface area contributed by atoms with Crippen molar-refractivity contribution in [2.45, 2.75) is 32.9 Å².